The van der Waals surface area contributed by atoms with Gasteiger partial charge in [-0.25, -0.2) is 0 Å². The number of likely N-dealkylation sites (tertiary alicyclic amines) is 1. The van der Waals surface area contributed by atoms with E-state index in [1.54, 1.807) is 4.90 Å². The number of carbonyl (C=O) groups excluding carboxylic acids is 2. The van der Waals surface area contributed by atoms with E-state index in [0.29, 0.717) is 12.1 Å². The maximum atomic E-state index is 12.4. The number of benzene rings is 1. The summed E-state index contributed by atoms with van der Waals surface area (Å²) in [4.78, 5) is 26.1. The number of aliphatic hydroxyl groups is 2. The predicted molar refractivity (Wildman–Crippen MR) is 89.8 cm³/mol. The Morgan fingerprint density at radius 2 is 1.83 bits per heavy atom. The van der Waals surface area contributed by atoms with Crippen LogP contribution in [-0.4, -0.2) is 52.6 Å². The van der Waals surface area contributed by atoms with Crippen molar-refractivity contribution in [3.05, 3.63) is 34.9 Å². The molecular weight excluding hydrogens is 306 g/mol. The van der Waals surface area contributed by atoms with E-state index in [9.17, 15) is 14.7 Å². The lowest BCUT2D eigenvalue weighted by atomic mass is 9.89. The van der Waals surface area contributed by atoms with Gasteiger partial charge in [-0.15, -0.1) is 0 Å². The molecule has 1 heterocycles. The van der Waals surface area contributed by atoms with Crippen LogP contribution >= 0.6 is 0 Å². The minimum atomic E-state index is -0.671. The molecular formula is C19H25NO4. The number of rotatable bonds is 5. The third kappa shape index (κ3) is 3.68. The summed E-state index contributed by atoms with van der Waals surface area (Å²) >= 11 is 0. The van der Waals surface area contributed by atoms with E-state index in [1.165, 1.54) is 24.0 Å². The van der Waals surface area contributed by atoms with Crippen LogP contribution in [-0.2, 0) is 17.6 Å². The lowest BCUT2D eigenvalue weighted by Crippen LogP contribution is -2.29. The van der Waals surface area contributed by atoms with Crippen LogP contribution in [0.25, 0.3) is 0 Å². The number of aliphatic hydroxyl groups excluding tert-OH is 2. The molecule has 5 nitrogen and oxygen atoms in total. The highest BCUT2D eigenvalue weighted by Crippen LogP contribution is 2.23. The minimum Gasteiger partial charge on any atom is -0.396 e. The Labute approximate surface area is 142 Å². The summed E-state index contributed by atoms with van der Waals surface area (Å²) in [5, 5.41) is 18.9. The number of Topliss-reactive ketones (excluding diaryl/α,β-unsaturated/α-hetero) is 1. The highest BCUT2D eigenvalue weighted by atomic mass is 16.3. The molecule has 5 heteroatoms. The molecule has 0 saturated carbocycles. The molecule has 1 fully saturated rings. The first-order valence-electron chi connectivity index (χ1n) is 8.80. The summed E-state index contributed by atoms with van der Waals surface area (Å²) < 4.78 is 0. The van der Waals surface area contributed by atoms with E-state index in [2.05, 4.69) is 0 Å². The molecule has 1 aromatic carbocycles. The van der Waals surface area contributed by atoms with Crippen LogP contribution in [0.3, 0.4) is 0 Å². The van der Waals surface area contributed by atoms with Gasteiger partial charge in [-0.2, -0.15) is 0 Å². The molecule has 2 N–H and O–H groups in total. The second-order valence-corrected chi connectivity index (χ2v) is 6.92. The molecule has 1 aromatic rings. The van der Waals surface area contributed by atoms with Crippen LogP contribution in [0, 0.1) is 5.92 Å². The molecule has 1 saturated heterocycles. The van der Waals surface area contributed by atoms with Crippen molar-refractivity contribution in [3.63, 3.8) is 0 Å². The average molecular weight is 331 g/mol. The Hall–Kier alpha value is -1.72. The zero-order valence-corrected chi connectivity index (χ0v) is 13.9. The summed E-state index contributed by atoms with van der Waals surface area (Å²) in [5.74, 6) is -0.406. The summed E-state index contributed by atoms with van der Waals surface area (Å²) in [6.45, 7) is 0.486. The average Bonchev–Trinajstić information content (AvgIpc) is 2.99. The number of hydrogen-bond donors (Lipinski definition) is 2. The van der Waals surface area contributed by atoms with Crippen molar-refractivity contribution in [1.29, 1.82) is 0 Å². The number of aryl methyl sites for hydroxylation is 2. The first-order valence-corrected chi connectivity index (χ1v) is 8.80. The van der Waals surface area contributed by atoms with Gasteiger partial charge in [0.1, 0.15) is 0 Å². The van der Waals surface area contributed by atoms with Crippen molar-refractivity contribution in [3.8, 4) is 0 Å². The van der Waals surface area contributed by atoms with E-state index in [-0.39, 0.29) is 43.6 Å². The Bertz CT molecular complexity index is 628. The largest absolute Gasteiger partial charge is 0.396 e. The number of β-amino-alcohol motifs (C(OH)–C–C–N with tert-alkyl or cyclic N) is 1. The Morgan fingerprint density at radius 1 is 1.08 bits per heavy atom. The SMILES string of the molecule is O=C(CCC(=O)N1C[C@@H](CO)[C@H](O)C1)c1ccc2c(c1)CCCC2. The Morgan fingerprint density at radius 3 is 2.54 bits per heavy atom. The van der Waals surface area contributed by atoms with Crippen LogP contribution in [0.2, 0.25) is 0 Å². The fraction of sp³-hybridized carbons (Fsp3) is 0.579. The summed E-state index contributed by atoms with van der Waals surface area (Å²) in [5.41, 5.74) is 3.31. The molecule has 1 amide bonds. The van der Waals surface area contributed by atoms with Gasteiger partial charge in [-0.05, 0) is 42.9 Å². The molecule has 130 valence electrons. The van der Waals surface area contributed by atoms with Crippen LogP contribution < -0.4 is 0 Å². The lowest BCUT2D eigenvalue weighted by molar-refractivity contribution is -0.130. The van der Waals surface area contributed by atoms with Crippen molar-refractivity contribution < 1.29 is 19.8 Å². The van der Waals surface area contributed by atoms with Gasteiger partial charge in [0.25, 0.3) is 0 Å². The molecule has 3 rings (SSSR count). The van der Waals surface area contributed by atoms with Gasteiger partial charge < -0.3 is 15.1 Å². The monoisotopic (exact) mass is 331 g/mol. The van der Waals surface area contributed by atoms with E-state index < -0.39 is 6.10 Å². The maximum absolute atomic E-state index is 12.4. The van der Waals surface area contributed by atoms with Crippen LogP contribution in [0.4, 0.5) is 0 Å². The lowest BCUT2D eigenvalue weighted by Gasteiger charge is -2.17. The highest BCUT2D eigenvalue weighted by Gasteiger charge is 2.33. The number of carbonyl (C=O) groups is 2. The molecule has 0 bridgehead atoms. The molecule has 2 aliphatic rings. The Kier molecular flexibility index (Phi) is 5.31. The van der Waals surface area contributed by atoms with Crippen LogP contribution in [0.5, 0.6) is 0 Å². The van der Waals surface area contributed by atoms with E-state index >= 15 is 0 Å². The molecule has 1 aliphatic heterocycles. The van der Waals surface area contributed by atoms with Gasteiger partial charge >= 0.3 is 0 Å². The quantitative estimate of drug-likeness (QED) is 0.798. The standard InChI is InChI=1S/C19H25NO4/c21-12-16-10-20(11-18(16)23)19(24)8-7-17(22)15-6-5-13-3-1-2-4-14(13)9-15/h5-6,9,16,18,21,23H,1-4,7-8,10-12H2/t16-,18+/m0/s1. The first-order chi connectivity index (χ1) is 11.6. The fourth-order valence-corrected chi connectivity index (χ4v) is 3.67. The first kappa shape index (κ1) is 17.1. The second-order valence-electron chi connectivity index (χ2n) is 6.92. The van der Waals surface area contributed by atoms with Crippen LogP contribution in [0.15, 0.2) is 18.2 Å². The molecule has 0 spiro atoms. The molecule has 0 radical (unpaired) electrons. The summed E-state index contributed by atoms with van der Waals surface area (Å²) in [6, 6.07) is 5.91. The summed E-state index contributed by atoms with van der Waals surface area (Å²) in [7, 11) is 0. The van der Waals surface area contributed by atoms with Crippen molar-refractivity contribution in [1.82, 2.24) is 4.90 Å². The third-order valence-electron chi connectivity index (χ3n) is 5.23. The molecule has 1 aliphatic carbocycles. The topological polar surface area (TPSA) is 77.8 Å². The Balaban J connectivity index is 1.55. The maximum Gasteiger partial charge on any atom is 0.223 e. The van der Waals surface area contributed by atoms with Gasteiger partial charge in [0.15, 0.2) is 5.78 Å². The van der Waals surface area contributed by atoms with Gasteiger partial charge in [0.2, 0.25) is 5.91 Å². The van der Waals surface area contributed by atoms with Crippen molar-refractivity contribution in [2.75, 3.05) is 19.7 Å². The second kappa shape index (κ2) is 7.45. The highest BCUT2D eigenvalue weighted by molar-refractivity contribution is 5.98. The fourth-order valence-electron chi connectivity index (χ4n) is 3.67. The van der Waals surface area contributed by atoms with Crippen molar-refractivity contribution in [2.24, 2.45) is 5.92 Å². The van der Waals surface area contributed by atoms with Crippen molar-refractivity contribution in [2.45, 2.75) is 44.6 Å². The van der Waals surface area contributed by atoms with E-state index in [0.717, 1.165) is 12.8 Å². The smallest absolute Gasteiger partial charge is 0.223 e. The number of amides is 1. The van der Waals surface area contributed by atoms with Crippen LogP contribution in [0.1, 0.15) is 47.2 Å². The normalized spacial score (nSPS) is 23.2. The van der Waals surface area contributed by atoms with E-state index in [4.69, 9.17) is 5.11 Å². The van der Waals surface area contributed by atoms with E-state index in [1.807, 2.05) is 18.2 Å². The number of nitrogens with zero attached hydrogens (tertiary/aromatic N) is 1. The molecule has 2 atom stereocenters. The molecule has 0 aromatic heterocycles. The third-order valence-corrected chi connectivity index (χ3v) is 5.23. The summed E-state index contributed by atoms with van der Waals surface area (Å²) in [6.07, 6.45) is 4.18. The minimum absolute atomic E-state index is 0.00447. The molecule has 24 heavy (non-hydrogen) atoms. The number of fused-ring (bicyclic) bond motifs is 1. The van der Waals surface area contributed by atoms with Gasteiger partial charge in [-0.3, -0.25) is 9.59 Å². The zero-order valence-electron chi connectivity index (χ0n) is 13.9. The zero-order chi connectivity index (χ0) is 17.1. The number of ketones is 1. The predicted octanol–water partition coefficient (Wildman–Crippen LogP) is 1.34. The van der Waals surface area contributed by atoms with Gasteiger partial charge in [0, 0.05) is 37.4 Å². The number of hydrogen-bond acceptors (Lipinski definition) is 4. The van der Waals surface area contributed by atoms with Gasteiger partial charge in [-0.1, -0.05) is 12.1 Å². The van der Waals surface area contributed by atoms with Gasteiger partial charge in [0.05, 0.1) is 12.7 Å². The van der Waals surface area contributed by atoms with Crippen molar-refractivity contribution >= 4 is 11.7 Å². The molecule has 0 unspecified atom stereocenters.